The van der Waals surface area contributed by atoms with Gasteiger partial charge < -0.3 is 19.6 Å². The maximum Gasteiger partial charge on any atom is 0.321 e. The van der Waals surface area contributed by atoms with E-state index in [0.29, 0.717) is 19.0 Å². The van der Waals surface area contributed by atoms with E-state index in [1.807, 2.05) is 36.9 Å². The molecule has 2 aromatic rings. The number of rotatable bonds is 3. The van der Waals surface area contributed by atoms with Crippen LogP contribution in [0.3, 0.4) is 0 Å². The number of hydrogen-bond acceptors (Lipinski definition) is 4. The molecule has 1 aromatic carbocycles. The van der Waals surface area contributed by atoms with Crippen LogP contribution in [-0.2, 0) is 0 Å². The minimum absolute atomic E-state index is 0.0350. The van der Waals surface area contributed by atoms with Crippen LogP contribution in [-0.4, -0.2) is 42.3 Å². The highest BCUT2D eigenvalue weighted by atomic mass is 16.5. The minimum atomic E-state index is -0.0350. The molecule has 2 heterocycles. The Morgan fingerprint density at radius 3 is 2.52 bits per heavy atom. The van der Waals surface area contributed by atoms with Crippen molar-refractivity contribution in [2.75, 3.05) is 36.4 Å². The van der Waals surface area contributed by atoms with Crippen LogP contribution in [0, 0.1) is 13.8 Å². The van der Waals surface area contributed by atoms with E-state index in [1.54, 1.807) is 0 Å². The van der Waals surface area contributed by atoms with Crippen molar-refractivity contribution in [3.8, 4) is 0 Å². The van der Waals surface area contributed by atoms with Gasteiger partial charge in [0.1, 0.15) is 5.76 Å². The smallest absolute Gasteiger partial charge is 0.321 e. The molecule has 1 aliphatic rings. The van der Waals surface area contributed by atoms with E-state index in [4.69, 9.17) is 4.52 Å². The van der Waals surface area contributed by atoms with E-state index in [0.717, 1.165) is 35.9 Å². The first-order valence-electron chi connectivity index (χ1n) is 8.79. The monoisotopic (exact) mass is 342 g/mol. The summed E-state index contributed by atoms with van der Waals surface area (Å²) in [6.45, 7) is 11.0. The third kappa shape index (κ3) is 3.78. The van der Waals surface area contributed by atoms with Gasteiger partial charge in [-0.25, -0.2) is 4.79 Å². The second-order valence-electron chi connectivity index (χ2n) is 6.89. The van der Waals surface area contributed by atoms with Gasteiger partial charge in [-0.3, -0.25) is 0 Å². The van der Waals surface area contributed by atoms with E-state index in [2.05, 4.69) is 35.3 Å². The first-order valence-corrected chi connectivity index (χ1v) is 8.79. The molecule has 0 saturated carbocycles. The maximum absolute atomic E-state index is 12.7. The third-order valence-corrected chi connectivity index (χ3v) is 4.67. The molecule has 1 aromatic heterocycles. The molecule has 1 aliphatic heterocycles. The summed E-state index contributed by atoms with van der Waals surface area (Å²) < 4.78 is 5.14. The van der Waals surface area contributed by atoms with Crippen LogP contribution in [0.4, 0.5) is 16.3 Å². The highest BCUT2D eigenvalue weighted by Crippen LogP contribution is 2.28. The number of aryl methyl sites for hydroxylation is 2. The number of amides is 2. The van der Waals surface area contributed by atoms with Gasteiger partial charge in [-0.1, -0.05) is 37.2 Å². The minimum Gasteiger partial charge on any atom is -0.360 e. The van der Waals surface area contributed by atoms with Gasteiger partial charge in [0.25, 0.3) is 0 Å². The fraction of sp³-hybridized carbons (Fsp3) is 0.474. The number of anilines is 2. The summed E-state index contributed by atoms with van der Waals surface area (Å²) in [6, 6.07) is 8.05. The first kappa shape index (κ1) is 17.3. The standard InChI is InChI=1S/C19H26N4O2/c1-13(2)16-7-5-6-14(3)18(16)20-19(24)23-10-8-22(9-11-23)17-12-15(4)25-21-17/h5-7,12-13H,8-11H2,1-4H3,(H,20,24). The molecule has 25 heavy (non-hydrogen) atoms. The molecule has 0 unspecified atom stereocenters. The van der Waals surface area contributed by atoms with Crippen LogP contribution in [0.15, 0.2) is 28.8 Å². The van der Waals surface area contributed by atoms with E-state index >= 15 is 0 Å². The number of carbonyl (C=O) groups is 1. The fourth-order valence-corrected chi connectivity index (χ4v) is 3.17. The van der Waals surface area contributed by atoms with E-state index < -0.39 is 0 Å². The summed E-state index contributed by atoms with van der Waals surface area (Å²) in [5.41, 5.74) is 3.21. The van der Waals surface area contributed by atoms with Gasteiger partial charge >= 0.3 is 6.03 Å². The lowest BCUT2D eigenvalue weighted by atomic mass is 9.98. The second-order valence-corrected chi connectivity index (χ2v) is 6.89. The van der Waals surface area contributed by atoms with Crippen LogP contribution in [0.25, 0.3) is 0 Å². The van der Waals surface area contributed by atoms with Crippen molar-refractivity contribution in [3.63, 3.8) is 0 Å². The van der Waals surface area contributed by atoms with Crippen LogP contribution in [0.5, 0.6) is 0 Å². The van der Waals surface area contributed by atoms with Crippen molar-refractivity contribution >= 4 is 17.5 Å². The molecule has 0 radical (unpaired) electrons. The SMILES string of the molecule is Cc1cc(N2CCN(C(=O)Nc3c(C)cccc3C(C)C)CC2)no1. The molecule has 0 atom stereocenters. The largest absolute Gasteiger partial charge is 0.360 e. The van der Waals surface area contributed by atoms with Crippen molar-refractivity contribution in [1.82, 2.24) is 10.1 Å². The Morgan fingerprint density at radius 2 is 1.92 bits per heavy atom. The molecule has 3 rings (SSSR count). The lowest BCUT2D eigenvalue weighted by molar-refractivity contribution is 0.208. The summed E-state index contributed by atoms with van der Waals surface area (Å²) in [4.78, 5) is 16.7. The molecular weight excluding hydrogens is 316 g/mol. The third-order valence-electron chi connectivity index (χ3n) is 4.67. The number of benzene rings is 1. The van der Waals surface area contributed by atoms with Gasteiger partial charge in [0.15, 0.2) is 5.82 Å². The van der Waals surface area contributed by atoms with Crippen LogP contribution in [0.2, 0.25) is 0 Å². The van der Waals surface area contributed by atoms with Crippen molar-refractivity contribution < 1.29 is 9.32 Å². The Bertz CT molecular complexity index is 746. The summed E-state index contributed by atoms with van der Waals surface area (Å²) in [5.74, 6) is 2.01. The Hall–Kier alpha value is -2.50. The number of piperazine rings is 1. The van der Waals surface area contributed by atoms with Crippen molar-refractivity contribution in [2.24, 2.45) is 0 Å². The van der Waals surface area contributed by atoms with Gasteiger partial charge in [-0.2, -0.15) is 0 Å². The lowest BCUT2D eigenvalue weighted by Gasteiger charge is -2.34. The summed E-state index contributed by atoms with van der Waals surface area (Å²) in [5, 5.41) is 7.17. The summed E-state index contributed by atoms with van der Waals surface area (Å²) >= 11 is 0. The number of nitrogens with zero attached hydrogens (tertiary/aromatic N) is 3. The summed E-state index contributed by atoms with van der Waals surface area (Å²) in [6.07, 6.45) is 0. The topological polar surface area (TPSA) is 61.6 Å². The maximum atomic E-state index is 12.7. The predicted molar refractivity (Wildman–Crippen MR) is 99.3 cm³/mol. The Balaban J connectivity index is 1.64. The fourth-order valence-electron chi connectivity index (χ4n) is 3.17. The first-order chi connectivity index (χ1) is 12.0. The molecule has 6 nitrogen and oxygen atoms in total. The lowest BCUT2D eigenvalue weighted by Crippen LogP contribution is -2.50. The molecular formula is C19H26N4O2. The molecule has 0 spiro atoms. The predicted octanol–water partition coefficient (Wildman–Crippen LogP) is 3.77. The van der Waals surface area contributed by atoms with Crippen LogP contribution in [0.1, 0.15) is 36.7 Å². The molecule has 0 aliphatic carbocycles. The highest BCUT2D eigenvalue weighted by molar-refractivity contribution is 5.91. The van der Waals surface area contributed by atoms with Gasteiger partial charge in [-0.05, 0) is 30.9 Å². The number of hydrogen-bond donors (Lipinski definition) is 1. The molecule has 134 valence electrons. The Morgan fingerprint density at radius 1 is 1.20 bits per heavy atom. The van der Waals surface area contributed by atoms with Crippen LogP contribution >= 0.6 is 0 Å². The quantitative estimate of drug-likeness (QED) is 0.922. The molecule has 6 heteroatoms. The zero-order valence-electron chi connectivity index (χ0n) is 15.4. The van der Waals surface area contributed by atoms with E-state index in [-0.39, 0.29) is 6.03 Å². The number of carbonyl (C=O) groups excluding carboxylic acids is 1. The van der Waals surface area contributed by atoms with Gasteiger partial charge in [0.2, 0.25) is 0 Å². The van der Waals surface area contributed by atoms with E-state index in [1.165, 1.54) is 5.56 Å². The number of para-hydroxylation sites is 1. The molecule has 1 fully saturated rings. The Kier molecular flexibility index (Phi) is 4.97. The van der Waals surface area contributed by atoms with Gasteiger partial charge in [-0.15, -0.1) is 0 Å². The number of urea groups is 1. The van der Waals surface area contributed by atoms with Gasteiger partial charge in [0.05, 0.1) is 0 Å². The molecule has 1 saturated heterocycles. The average molecular weight is 342 g/mol. The van der Waals surface area contributed by atoms with E-state index in [9.17, 15) is 4.79 Å². The molecule has 2 amide bonds. The molecule has 1 N–H and O–H groups in total. The Labute approximate surface area is 148 Å². The van der Waals surface area contributed by atoms with Crippen LogP contribution < -0.4 is 10.2 Å². The van der Waals surface area contributed by atoms with Gasteiger partial charge in [0, 0.05) is 37.9 Å². The second kappa shape index (κ2) is 7.17. The normalized spacial score (nSPS) is 14.9. The highest BCUT2D eigenvalue weighted by Gasteiger charge is 2.24. The zero-order chi connectivity index (χ0) is 18.0. The van der Waals surface area contributed by atoms with Crippen molar-refractivity contribution in [1.29, 1.82) is 0 Å². The number of aromatic nitrogens is 1. The zero-order valence-corrected chi connectivity index (χ0v) is 15.4. The van der Waals surface area contributed by atoms with Crippen molar-refractivity contribution in [3.05, 3.63) is 41.2 Å². The van der Waals surface area contributed by atoms with Crippen molar-refractivity contribution in [2.45, 2.75) is 33.6 Å². The number of nitrogens with one attached hydrogen (secondary N) is 1. The molecule has 0 bridgehead atoms. The average Bonchev–Trinajstić information content (AvgIpc) is 3.03. The summed E-state index contributed by atoms with van der Waals surface area (Å²) in [7, 11) is 0.